The Hall–Kier alpha value is -2.15. The van der Waals surface area contributed by atoms with Gasteiger partial charge in [0.05, 0.1) is 16.6 Å². The van der Waals surface area contributed by atoms with Crippen LogP contribution < -0.4 is 5.32 Å². The molecule has 2 aromatic rings. The van der Waals surface area contributed by atoms with Gasteiger partial charge >= 0.3 is 6.18 Å². The molecule has 4 nitrogen and oxygen atoms in total. The first-order valence-corrected chi connectivity index (χ1v) is 6.29. The lowest BCUT2D eigenvalue weighted by Gasteiger charge is -2.15. The Labute approximate surface area is 118 Å². The molecule has 0 atom stereocenters. The topological polar surface area (TPSA) is 62.2 Å². The molecule has 0 unspecified atom stereocenters. The highest BCUT2D eigenvalue weighted by atomic mass is 19.4. The maximum atomic E-state index is 13.3. The second kappa shape index (κ2) is 6.09. The van der Waals surface area contributed by atoms with Crippen molar-refractivity contribution < 1.29 is 23.1 Å². The first-order chi connectivity index (χ1) is 9.95. The summed E-state index contributed by atoms with van der Waals surface area (Å²) in [7, 11) is 0. The largest absolute Gasteiger partial charge is 0.417 e. The van der Waals surface area contributed by atoms with Gasteiger partial charge in [-0.2, -0.15) is 13.2 Å². The third-order valence-electron chi connectivity index (χ3n) is 2.92. The van der Waals surface area contributed by atoms with Crippen molar-refractivity contribution in [3.8, 4) is 0 Å². The molecular weight excluding hydrogens is 285 g/mol. The highest BCUT2D eigenvalue weighted by Crippen LogP contribution is 2.36. The minimum absolute atomic E-state index is 0.0967. The van der Waals surface area contributed by atoms with Crippen LogP contribution in [0, 0.1) is 0 Å². The van der Waals surface area contributed by atoms with Crippen LogP contribution in [-0.2, 0) is 6.18 Å². The van der Waals surface area contributed by atoms with Gasteiger partial charge in [0.15, 0.2) is 0 Å². The van der Waals surface area contributed by atoms with E-state index < -0.39 is 23.2 Å². The number of hydrogen-bond acceptors (Lipinski definition) is 3. The summed E-state index contributed by atoms with van der Waals surface area (Å²) >= 11 is 0. The fraction of sp³-hybridized carbons (Fsp3) is 0.286. The van der Waals surface area contributed by atoms with Gasteiger partial charge in [-0.25, -0.2) is 0 Å². The maximum Gasteiger partial charge on any atom is 0.417 e. The second-order valence-electron chi connectivity index (χ2n) is 4.39. The first kappa shape index (κ1) is 15.2. The number of aromatic nitrogens is 1. The van der Waals surface area contributed by atoms with Gasteiger partial charge in [0.2, 0.25) is 0 Å². The number of hydrogen-bond donors (Lipinski definition) is 2. The summed E-state index contributed by atoms with van der Waals surface area (Å²) in [6.45, 7) is -0.0537. The Morgan fingerprint density at radius 2 is 2.00 bits per heavy atom. The average molecular weight is 298 g/mol. The zero-order valence-corrected chi connectivity index (χ0v) is 10.9. The fourth-order valence-corrected chi connectivity index (χ4v) is 2.00. The van der Waals surface area contributed by atoms with Crippen molar-refractivity contribution in [2.24, 2.45) is 0 Å². The predicted octanol–water partition coefficient (Wildman–Crippen LogP) is 2.37. The number of nitrogens with one attached hydrogen (secondary N) is 1. The van der Waals surface area contributed by atoms with Gasteiger partial charge in [0.25, 0.3) is 5.91 Å². The van der Waals surface area contributed by atoms with Crippen LogP contribution in [0.15, 0.2) is 30.5 Å². The summed E-state index contributed by atoms with van der Waals surface area (Å²) in [6.07, 6.45) is -3.46. The number of pyridine rings is 1. The summed E-state index contributed by atoms with van der Waals surface area (Å²) in [4.78, 5) is 15.8. The molecule has 0 bridgehead atoms. The van der Waals surface area contributed by atoms with Crippen molar-refractivity contribution >= 4 is 16.8 Å². The Kier molecular flexibility index (Phi) is 4.42. The van der Waals surface area contributed by atoms with Gasteiger partial charge in [-0.15, -0.1) is 0 Å². The van der Waals surface area contributed by atoms with E-state index in [2.05, 4.69) is 10.3 Å². The summed E-state index contributed by atoms with van der Waals surface area (Å²) in [5.74, 6) is -0.853. The zero-order valence-electron chi connectivity index (χ0n) is 10.9. The molecule has 0 saturated heterocycles. The van der Waals surface area contributed by atoms with Crippen molar-refractivity contribution in [3.63, 3.8) is 0 Å². The van der Waals surface area contributed by atoms with Crippen molar-refractivity contribution in [1.29, 1.82) is 0 Å². The van der Waals surface area contributed by atoms with E-state index in [9.17, 15) is 18.0 Å². The molecule has 0 aliphatic rings. The van der Waals surface area contributed by atoms with Gasteiger partial charge in [-0.3, -0.25) is 9.78 Å². The van der Waals surface area contributed by atoms with Crippen LogP contribution in [0.2, 0.25) is 0 Å². The average Bonchev–Trinajstić information content (AvgIpc) is 2.45. The molecule has 2 rings (SSSR count). The third kappa shape index (κ3) is 3.30. The van der Waals surface area contributed by atoms with Crippen LogP contribution in [-0.4, -0.2) is 29.1 Å². The molecule has 0 fully saturated rings. The summed E-state index contributed by atoms with van der Waals surface area (Å²) < 4.78 is 39.8. The molecule has 112 valence electrons. The monoisotopic (exact) mass is 298 g/mol. The quantitative estimate of drug-likeness (QED) is 0.852. The number of halogens is 3. The van der Waals surface area contributed by atoms with Crippen LogP contribution >= 0.6 is 0 Å². The van der Waals surface area contributed by atoms with Gasteiger partial charge in [-0.1, -0.05) is 18.2 Å². The highest BCUT2D eigenvalue weighted by Gasteiger charge is 2.37. The van der Waals surface area contributed by atoms with Crippen molar-refractivity contribution in [3.05, 3.63) is 41.6 Å². The van der Waals surface area contributed by atoms with Crippen molar-refractivity contribution in [2.75, 3.05) is 13.2 Å². The van der Waals surface area contributed by atoms with E-state index in [-0.39, 0.29) is 30.5 Å². The first-order valence-electron chi connectivity index (χ1n) is 6.29. The number of fused-ring (bicyclic) bond motifs is 1. The standard InChI is InChI=1S/C14H13F3N2O2/c15-14(16,17)12-9-4-1-2-5-11(9)19-8-10(12)13(21)18-6-3-7-20/h1-2,4-5,8,20H,3,6-7H2,(H,18,21). The maximum absolute atomic E-state index is 13.3. The summed E-state index contributed by atoms with van der Waals surface area (Å²) in [5.41, 5.74) is -1.33. The van der Waals surface area contributed by atoms with Crippen LogP contribution in [0.3, 0.4) is 0 Å². The van der Waals surface area contributed by atoms with Gasteiger partial charge in [0, 0.05) is 24.7 Å². The minimum Gasteiger partial charge on any atom is -0.396 e. The molecule has 0 spiro atoms. The molecule has 0 saturated carbocycles. The van der Waals surface area contributed by atoms with Crippen molar-refractivity contribution in [2.45, 2.75) is 12.6 Å². The van der Waals surface area contributed by atoms with E-state index in [0.29, 0.717) is 0 Å². The highest BCUT2D eigenvalue weighted by molar-refractivity contribution is 6.00. The Bertz CT molecular complexity index is 656. The Morgan fingerprint density at radius 1 is 1.29 bits per heavy atom. The van der Waals surface area contributed by atoms with E-state index in [1.54, 1.807) is 6.07 Å². The molecule has 21 heavy (non-hydrogen) atoms. The third-order valence-corrected chi connectivity index (χ3v) is 2.92. The molecule has 2 N–H and O–H groups in total. The number of carbonyl (C=O) groups is 1. The van der Waals surface area contributed by atoms with Gasteiger partial charge in [-0.05, 0) is 12.5 Å². The predicted molar refractivity (Wildman–Crippen MR) is 70.8 cm³/mol. The lowest BCUT2D eigenvalue weighted by Crippen LogP contribution is -2.28. The Balaban J connectivity index is 2.50. The van der Waals surface area contributed by atoms with Gasteiger partial charge in [0.1, 0.15) is 0 Å². The number of para-hydroxylation sites is 1. The number of benzene rings is 1. The van der Waals surface area contributed by atoms with E-state index in [4.69, 9.17) is 5.11 Å². The number of aliphatic hydroxyl groups excluding tert-OH is 1. The number of alkyl halides is 3. The summed E-state index contributed by atoms with van der Waals surface area (Å²) in [5, 5.41) is 10.9. The molecule has 0 aliphatic carbocycles. The van der Waals surface area contributed by atoms with Crippen LogP contribution in [0.5, 0.6) is 0 Å². The fourth-order valence-electron chi connectivity index (χ4n) is 2.00. The molecule has 1 amide bonds. The number of nitrogens with zero attached hydrogens (tertiary/aromatic N) is 1. The van der Waals surface area contributed by atoms with E-state index in [1.165, 1.54) is 18.2 Å². The smallest absolute Gasteiger partial charge is 0.396 e. The normalized spacial score (nSPS) is 11.6. The molecular formula is C14H13F3N2O2. The van der Waals surface area contributed by atoms with Crippen molar-refractivity contribution in [1.82, 2.24) is 10.3 Å². The molecule has 7 heteroatoms. The summed E-state index contributed by atoms with van der Waals surface area (Å²) in [6, 6.07) is 5.79. The number of rotatable bonds is 4. The zero-order chi connectivity index (χ0) is 15.5. The molecule has 1 aromatic heterocycles. The molecule has 1 aromatic carbocycles. The SMILES string of the molecule is O=C(NCCCO)c1cnc2ccccc2c1C(F)(F)F. The number of amides is 1. The van der Waals surface area contributed by atoms with Crippen LogP contribution in [0.25, 0.3) is 10.9 Å². The van der Waals surface area contributed by atoms with E-state index in [0.717, 1.165) is 6.20 Å². The van der Waals surface area contributed by atoms with Crippen LogP contribution in [0.1, 0.15) is 22.3 Å². The number of carbonyl (C=O) groups excluding carboxylic acids is 1. The Morgan fingerprint density at radius 3 is 2.67 bits per heavy atom. The molecule has 0 radical (unpaired) electrons. The minimum atomic E-state index is -4.66. The molecule has 0 aliphatic heterocycles. The molecule has 1 heterocycles. The lowest BCUT2D eigenvalue weighted by atomic mass is 10.0. The van der Waals surface area contributed by atoms with E-state index >= 15 is 0 Å². The van der Waals surface area contributed by atoms with E-state index in [1.807, 2.05) is 0 Å². The van der Waals surface area contributed by atoms with Crippen LogP contribution in [0.4, 0.5) is 13.2 Å². The van der Waals surface area contributed by atoms with Gasteiger partial charge < -0.3 is 10.4 Å². The lowest BCUT2D eigenvalue weighted by molar-refractivity contribution is -0.136. The second-order valence-corrected chi connectivity index (χ2v) is 4.39. The number of aliphatic hydroxyl groups is 1.